The molecule has 2 rings (SSSR count). The van der Waals surface area contributed by atoms with Crippen LogP contribution in [0, 0.1) is 0 Å². The maximum atomic E-state index is 4.24. The topological polar surface area (TPSA) is 25.8 Å². The second kappa shape index (κ2) is 2.03. The molecule has 11 heavy (non-hydrogen) atoms. The number of rotatable bonds is 0. The first kappa shape index (κ1) is 6.77. The minimum Gasteiger partial charge on any atom is -0.244 e. The SMILES string of the molecule is CC1(C)CCc2ncncc21. The second-order valence-corrected chi connectivity index (χ2v) is 3.77. The standard InChI is InChI=1S/C9H12N2/c1-9(2)4-3-8-7(9)5-10-6-11-8/h5-6H,3-4H2,1-2H3. The third kappa shape index (κ3) is 0.934. The zero-order valence-corrected chi connectivity index (χ0v) is 6.96. The Morgan fingerprint density at radius 3 is 3.00 bits per heavy atom. The number of aromatic nitrogens is 2. The average Bonchev–Trinajstić information content (AvgIpc) is 2.29. The summed E-state index contributed by atoms with van der Waals surface area (Å²) in [5.74, 6) is 0. The van der Waals surface area contributed by atoms with Crippen LogP contribution in [0.3, 0.4) is 0 Å². The van der Waals surface area contributed by atoms with Gasteiger partial charge in [0.05, 0.1) is 0 Å². The molecule has 0 spiro atoms. The maximum absolute atomic E-state index is 4.24. The van der Waals surface area contributed by atoms with Crippen molar-refractivity contribution in [2.45, 2.75) is 32.1 Å². The molecule has 2 nitrogen and oxygen atoms in total. The third-order valence-electron chi connectivity index (χ3n) is 2.51. The molecule has 0 bridgehead atoms. The molecule has 1 aliphatic carbocycles. The Balaban J connectivity index is 2.56. The summed E-state index contributed by atoms with van der Waals surface area (Å²) in [5, 5.41) is 0. The van der Waals surface area contributed by atoms with E-state index in [9.17, 15) is 0 Å². The molecule has 2 heteroatoms. The van der Waals surface area contributed by atoms with Gasteiger partial charge in [-0.05, 0) is 23.8 Å². The Hall–Kier alpha value is -0.920. The lowest BCUT2D eigenvalue weighted by Crippen LogP contribution is -2.12. The first-order valence-corrected chi connectivity index (χ1v) is 3.99. The van der Waals surface area contributed by atoms with E-state index < -0.39 is 0 Å². The highest BCUT2D eigenvalue weighted by atomic mass is 14.8. The van der Waals surface area contributed by atoms with Crippen LogP contribution in [-0.2, 0) is 11.8 Å². The van der Waals surface area contributed by atoms with Crippen LogP contribution in [0.1, 0.15) is 31.5 Å². The van der Waals surface area contributed by atoms with Crippen molar-refractivity contribution in [3.8, 4) is 0 Å². The molecular weight excluding hydrogens is 136 g/mol. The van der Waals surface area contributed by atoms with Crippen molar-refractivity contribution in [3.63, 3.8) is 0 Å². The van der Waals surface area contributed by atoms with E-state index in [1.165, 1.54) is 17.7 Å². The van der Waals surface area contributed by atoms with Crippen LogP contribution in [0.25, 0.3) is 0 Å². The van der Waals surface area contributed by atoms with Crippen molar-refractivity contribution in [2.24, 2.45) is 0 Å². The van der Waals surface area contributed by atoms with Gasteiger partial charge in [0.15, 0.2) is 0 Å². The van der Waals surface area contributed by atoms with Gasteiger partial charge < -0.3 is 0 Å². The van der Waals surface area contributed by atoms with Crippen LogP contribution in [-0.4, -0.2) is 9.97 Å². The van der Waals surface area contributed by atoms with E-state index in [2.05, 4.69) is 23.8 Å². The molecule has 1 aliphatic rings. The number of hydrogen-bond acceptors (Lipinski definition) is 2. The minimum absolute atomic E-state index is 0.302. The summed E-state index contributed by atoms with van der Waals surface area (Å²) >= 11 is 0. The highest BCUT2D eigenvalue weighted by molar-refractivity contribution is 5.30. The van der Waals surface area contributed by atoms with Crippen molar-refractivity contribution < 1.29 is 0 Å². The lowest BCUT2D eigenvalue weighted by molar-refractivity contribution is 0.521. The summed E-state index contributed by atoms with van der Waals surface area (Å²) in [4.78, 5) is 8.28. The van der Waals surface area contributed by atoms with Crippen molar-refractivity contribution in [2.75, 3.05) is 0 Å². The number of nitrogens with zero attached hydrogens (tertiary/aromatic N) is 2. The van der Waals surface area contributed by atoms with Gasteiger partial charge in [-0.3, -0.25) is 0 Å². The van der Waals surface area contributed by atoms with Crippen LogP contribution in [0.2, 0.25) is 0 Å². The van der Waals surface area contributed by atoms with Gasteiger partial charge in [0.1, 0.15) is 6.33 Å². The first-order valence-electron chi connectivity index (χ1n) is 3.99. The highest BCUT2D eigenvalue weighted by Crippen LogP contribution is 2.35. The van der Waals surface area contributed by atoms with Gasteiger partial charge >= 0.3 is 0 Å². The molecule has 58 valence electrons. The summed E-state index contributed by atoms with van der Waals surface area (Å²) in [7, 11) is 0. The Kier molecular flexibility index (Phi) is 1.25. The van der Waals surface area contributed by atoms with Crippen molar-refractivity contribution in [1.29, 1.82) is 0 Å². The fourth-order valence-corrected chi connectivity index (χ4v) is 1.69. The van der Waals surface area contributed by atoms with Crippen LogP contribution in [0.15, 0.2) is 12.5 Å². The predicted molar refractivity (Wildman–Crippen MR) is 43.4 cm³/mol. The average molecular weight is 148 g/mol. The molecule has 0 fully saturated rings. The van der Waals surface area contributed by atoms with Crippen LogP contribution < -0.4 is 0 Å². The lowest BCUT2D eigenvalue weighted by Gasteiger charge is -2.16. The molecule has 0 saturated heterocycles. The molecule has 0 unspecified atom stereocenters. The van der Waals surface area contributed by atoms with Gasteiger partial charge in [0, 0.05) is 11.9 Å². The molecule has 0 aromatic carbocycles. The summed E-state index contributed by atoms with van der Waals surface area (Å²) in [5.41, 5.74) is 2.88. The number of hydrogen-bond donors (Lipinski definition) is 0. The van der Waals surface area contributed by atoms with Crippen LogP contribution in [0.4, 0.5) is 0 Å². The van der Waals surface area contributed by atoms with Crippen molar-refractivity contribution >= 4 is 0 Å². The second-order valence-electron chi connectivity index (χ2n) is 3.77. The molecule has 1 aromatic heterocycles. The Labute approximate surface area is 66.7 Å². The summed E-state index contributed by atoms with van der Waals surface area (Å²) in [6, 6.07) is 0. The third-order valence-corrected chi connectivity index (χ3v) is 2.51. The molecule has 0 radical (unpaired) electrons. The Morgan fingerprint density at radius 1 is 1.45 bits per heavy atom. The van der Waals surface area contributed by atoms with E-state index in [1.54, 1.807) is 6.33 Å². The maximum Gasteiger partial charge on any atom is 0.115 e. The van der Waals surface area contributed by atoms with Crippen LogP contribution >= 0.6 is 0 Å². The summed E-state index contributed by atoms with van der Waals surface area (Å²) in [6.45, 7) is 4.50. The van der Waals surface area contributed by atoms with Crippen molar-refractivity contribution in [1.82, 2.24) is 9.97 Å². The molecule has 1 aromatic rings. The zero-order chi connectivity index (χ0) is 7.90. The normalized spacial score (nSPS) is 19.8. The minimum atomic E-state index is 0.302. The molecular formula is C9H12N2. The predicted octanol–water partition coefficient (Wildman–Crippen LogP) is 1.70. The van der Waals surface area contributed by atoms with E-state index in [4.69, 9.17) is 0 Å². The van der Waals surface area contributed by atoms with Gasteiger partial charge in [-0.25, -0.2) is 9.97 Å². The first-order chi connectivity index (χ1) is 5.20. The van der Waals surface area contributed by atoms with E-state index in [-0.39, 0.29) is 0 Å². The van der Waals surface area contributed by atoms with Gasteiger partial charge in [-0.2, -0.15) is 0 Å². The van der Waals surface area contributed by atoms with E-state index >= 15 is 0 Å². The smallest absolute Gasteiger partial charge is 0.115 e. The number of aryl methyl sites for hydroxylation is 1. The quantitative estimate of drug-likeness (QED) is 0.559. The monoisotopic (exact) mass is 148 g/mol. The number of fused-ring (bicyclic) bond motifs is 1. The molecule has 0 saturated carbocycles. The fourth-order valence-electron chi connectivity index (χ4n) is 1.69. The Bertz CT molecular complexity index is 279. The van der Waals surface area contributed by atoms with Gasteiger partial charge in [0.25, 0.3) is 0 Å². The van der Waals surface area contributed by atoms with E-state index in [1.807, 2.05) is 6.20 Å². The molecule has 1 heterocycles. The summed E-state index contributed by atoms with van der Waals surface area (Å²) < 4.78 is 0. The largest absolute Gasteiger partial charge is 0.244 e. The van der Waals surface area contributed by atoms with Gasteiger partial charge in [-0.1, -0.05) is 13.8 Å². The Morgan fingerprint density at radius 2 is 2.27 bits per heavy atom. The fraction of sp³-hybridized carbons (Fsp3) is 0.556. The highest BCUT2D eigenvalue weighted by Gasteiger charge is 2.30. The lowest BCUT2D eigenvalue weighted by atomic mass is 9.88. The zero-order valence-electron chi connectivity index (χ0n) is 6.96. The molecule has 0 N–H and O–H groups in total. The molecule has 0 amide bonds. The van der Waals surface area contributed by atoms with E-state index in [0.717, 1.165) is 6.42 Å². The molecule has 0 atom stereocenters. The van der Waals surface area contributed by atoms with Gasteiger partial charge in [0.2, 0.25) is 0 Å². The molecule has 0 aliphatic heterocycles. The van der Waals surface area contributed by atoms with E-state index in [0.29, 0.717) is 5.41 Å². The van der Waals surface area contributed by atoms with Crippen LogP contribution in [0.5, 0.6) is 0 Å². The van der Waals surface area contributed by atoms with Gasteiger partial charge in [-0.15, -0.1) is 0 Å². The summed E-state index contributed by atoms with van der Waals surface area (Å²) in [6.07, 6.45) is 5.92. The van der Waals surface area contributed by atoms with Crippen molar-refractivity contribution in [3.05, 3.63) is 23.8 Å².